The van der Waals surface area contributed by atoms with Crippen molar-refractivity contribution in [1.82, 2.24) is 14.9 Å². The molecule has 128 valence electrons. The van der Waals surface area contributed by atoms with E-state index in [4.69, 9.17) is 4.98 Å². The number of likely N-dealkylation sites (tertiary alicyclic amines) is 1. The third kappa shape index (κ3) is 3.16. The van der Waals surface area contributed by atoms with E-state index in [0.29, 0.717) is 0 Å². The number of hydrogen-bond acceptors (Lipinski definition) is 2. The molecule has 0 spiro atoms. The van der Waals surface area contributed by atoms with Crippen molar-refractivity contribution in [3.63, 3.8) is 0 Å². The number of imidazole rings is 1. The summed E-state index contributed by atoms with van der Waals surface area (Å²) in [4.78, 5) is 23.0. The van der Waals surface area contributed by atoms with Crippen LogP contribution in [0.2, 0.25) is 0 Å². The Labute approximate surface area is 147 Å². The summed E-state index contributed by atoms with van der Waals surface area (Å²) in [5.74, 6) is 1.41. The number of aromatic nitrogens is 2. The lowest BCUT2D eigenvalue weighted by molar-refractivity contribution is 0.0705. The Morgan fingerprint density at radius 3 is 2.76 bits per heavy atom. The van der Waals surface area contributed by atoms with Gasteiger partial charge in [-0.15, -0.1) is 0 Å². The second kappa shape index (κ2) is 6.71. The van der Waals surface area contributed by atoms with E-state index in [1.807, 2.05) is 53.4 Å². The number of aryl methyl sites for hydroxylation is 1. The van der Waals surface area contributed by atoms with Crippen LogP contribution in [-0.2, 0) is 6.42 Å². The molecule has 1 aliphatic heterocycles. The van der Waals surface area contributed by atoms with Gasteiger partial charge in [-0.3, -0.25) is 4.79 Å². The highest BCUT2D eigenvalue weighted by molar-refractivity contribution is 5.94. The van der Waals surface area contributed by atoms with E-state index in [1.165, 1.54) is 5.56 Å². The summed E-state index contributed by atoms with van der Waals surface area (Å²) >= 11 is 0. The van der Waals surface area contributed by atoms with Gasteiger partial charge in [0.05, 0.1) is 11.0 Å². The van der Waals surface area contributed by atoms with Crippen LogP contribution in [0.1, 0.15) is 47.4 Å². The lowest BCUT2D eigenvalue weighted by Crippen LogP contribution is -2.39. The molecule has 0 saturated carbocycles. The Hall–Kier alpha value is -2.62. The molecular formula is C21H23N3O. The average molecular weight is 333 g/mol. The number of nitrogens with zero attached hydrogens (tertiary/aromatic N) is 2. The van der Waals surface area contributed by atoms with E-state index in [-0.39, 0.29) is 11.8 Å². The van der Waals surface area contributed by atoms with E-state index in [9.17, 15) is 4.79 Å². The van der Waals surface area contributed by atoms with Crippen LogP contribution in [0.4, 0.5) is 0 Å². The molecule has 4 heteroatoms. The minimum absolute atomic E-state index is 0.128. The summed E-state index contributed by atoms with van der Waals surface area (Å²) in [5, 5.41) is 0. The Bertz CT molecular complexity index is 849. The molecule has 0 bridgehead atoms. The fourth-order valence-corrected chi connectivity index (χ4v) is 3.62. The standard InChI is InChI=1S/C21H23N3O/c1-2-15-9-11-16(12-10-15)21(25)24-13-5-6-17(14-24)20-22-18-7-3-4-8-19(18)23-20/h3-4,7-12,17H,2,5-6,13-14H2,1H3,(H,22,23)/t17-/m0/s1. The van der Waals surface area contributed by atoms with Crippen LogP contribution < -0.4 is 0 Å². The van der Waals surface area contributed by atoms with Gasteiger partial charge in [-0.2, -0.15) is 0 Å². The number of benzene rings is 2. The number of aromatic amines is 1. The highest BCUT2D eigenvalue weighted by Gasteiger charge is 2.27. The zero-order chi connectivity index (χ0) is 17.2. The van der Waals surface area contributed by atoms with Gasteiger partial charge in [0, 0.05) is 24.6 Å². The largest absolute Gasteiger partial charge is 0.342 e. The first-order valence-corrected chi connectivity index (χ1v) is 9.07. The second-order valence-corrected chi connectivity index (χ2v) is 6.78. The van der Waals surface area contributed by atoms with E-state index in [1.54, 1.807) is 0 Å². The molecular weight excluding hydrogens is 310 g/mol. The number of fused-ring (bicyclic) bond motifs is 1. The van der Waals surface area contributed by atoms with Crippen molar-refractivity contribution in [3.8, 4) is 0 Å². The maximum atomic E-state index is 12.8. The normalized spacial score (nSPS) is 17.8. The molecule has 4 rings (SSSR count). The van der Waals surface area contributed by atoms with Gasteiger partial charge in [0.1, 0.15) is 5.82 Å². The highest BCUT2D eigenvalue weighted by atomic mass is 16.2. The fraction of sp³-hybridized carbons (Fsp3) is 0.333. The number of carbonyl (C=O) groups excluding carboxylic acids is 1. The van der Waals surface area contributed by atoms with Crippen LogP contribution in [0.25, 0.3) is 11.0 Å². The smallest absolute Gasteiger partial charge is 0.253 e. The number of nitrogens with one attached hydrogen (secondary N) is 1. The van der Waals surface area contributed by atoms with E-state index in [0.717, 1.165) is 54.8 Å². The molecule has 1 aromatic heterocycles. The molecule has 0 unspecified atom stereocenters. The summed E-state index contributed by atoms with van der Waals surface area (Å²) in [5.41, 5.74) is 4.10. The Kier molecular flexibility index (Phi) is 4.26. The summed E-state index contributed by atoms with van der Waals surface area (Å²) in [6.07, 6.45) is 3.07. The van der Waals surface area contributed by atoms with E-state index >= 15 is 0 Å². The molecule has 2 aromatic carbocycles. The average Bonchev–Trinajstić information content (AvgIpc) is 3.12. The zero-order valence-corrected chi connectivity index (χ0v) is 14.5. The number of amides is 1. The molecule has 0 radical (unpaired) electrons. The monoisotopic (exact) mass is 333 g/mol. The third-order valence-electron chi connectivity index (χ3n) is 5.11. The topological polar surface area (TPSA) is 49.0 Å². The molecule has 0 aliphatic carbocycles. The molecule has 1 aliphatic rings. The molecule has 25 heavy (non-hydrogen) atoms. The van der Waals surface area contributed by atoms with Crippen molar-refractivity contribution in [3.05, 3.63) is 65.5 Å². The van der Waals surface area contributed by atoms with Crippen LogP contribution in [0.3, 0.4) is 0 Å². The summed E-state index contributed by atoms with van der Waals surface area (Å²) < 4.78 is 0. The molecule has 3 aromatic rings. The summed E-state index contributed by atoms with van der Waals surface area (Å²) in [7, 11) is 0. The van der Waals surface area contributed by atoms with Gasteiger partial charge in [0.15, 0.2) is 0 Å². The Morgan fingerprint density at radius 1 is 1.20 bits per heavy atom. The van der Waals surface area contributed by atoms with Crippen LogP contribution in [0.15, 0.2) is 48.5 Å². The van der Waals surface area contributed by atoms with Gasteiger partial charge in [0.25, 0.3) is 5.91 Å². The van der Waals surface area contributed by atoms with Crippen LogP contribution >= 0.6 is 0 Å². The summed E-state index contributed by atoms with van der Waals surface area (Å²) in [6, 6.07) is 16.1. The van der Waals surface area contributed by atoms with E-state index < -0.39 is 0 Å². The third-order valence-corrected chi connectivity index (χ3v) is 5.11. The van der Waals surface area contributed by atoms with Crippen LogP contribution in [-0.4, -0.2) is 33.9 Å². The maximum Gasteiger partial charge on any atom is 0.253 e. The van der Waals surface area contributed by atoms with Gasteiger partial charge < -0.3 is 9.88 Å². The Morgan fingerprint density at radius 2 is 2.00 bits per heavy atom. The summed E-state index contributed by atoms with van der Waals surface area (Å²) in [6.45, 7) is 3.68. The molecule has 2 heterocycles. The molecule has 1 amide bonds. The molecule has 4 nitrogen and oxygen atoms in total. The lowest BCUT2D eigenvalue weighted by atomic mass is 9.96. The lowest BCUT2D eigenvalue weighted by Gasteiger charge is -2.32. The molecule has 1 fully saturated rings. The van der Waals surface area contributed by atoms with Gasteiger partial charge in [-0.25, -0.2) is 4.98 Å². The molecule has 1 saturated heterocycles. The first-order valence-electron chi connectivity index (χ1n) is 9.07. The zero-order valence-electron chi connectivity index (χ0n) is 14.5. The highest BCUT2D eigenvalue weighted by Crippen LogP contribution is 2.27. The number of para-hydroxylation sites is 2. The van der Waals surface area contributed by atoms with Crippen LogP contribution in [0.5, 0.6) is 0 Å². The molecule has 1 atom stereocenters. The number of carbonyl (C=O) groups is 1. The first-order chi connectivity index (χ1) is 12.2. The minimum atomic E-state index is 0.128. The maximum absolute atomic E-state index is 12.8. The second-order valence-electron chi connectivity index (χ2n) is 6.78. The van der Waals surface area contributed by atoms with Gasteiger partial charge in [0.2, 0.25) is 0 Å². The van der Waals surface area contributed by atoms with Crippen molar-refractivity contribution < 1.29 is 4.79 Å². The van der Waals surface area contributed by atoms with Crippen LogP contribution in [0, 0.1) is 0 Å². The quantitative estimate of drug-likeness (QED) is 0.783. The van der Waals surface area contributed by atoms with Crippen molar-refractivity contribution in [2.75, 3.05) is 13.1 Å². The predicted octanol–water partition coefficient (Wildman–Crippen LogP) is 4.15. The number of hydrogen-bond donors (Lipinski definition) is 1. The first kappa shape index (κ1) is 15.9. The van der Waals surface area contributed by atoms with Crippen molar-refractivity contribution in [2.45, 2.75) is 32.1 Å². The Balaban J connectivity index is 1.52. The van der Waals surface area contributed by atoms with Gasteiger partial charge in [-0.05, 0) is 49.1 Å². The number of H-pyrrole nitrogens is 1. The van der Waals surface area contributed by atoms with Crippen molar-refractivity contribution in [2.24, 2.45) is 0 Å². The SMILES string of the molecule is CCc1ccc(C(=O)N2CCC[C@H](c3nc4ccccc4[nH]3)C2)cc1. The fourth-order valence-electron chi connectivity index (χ4n) is 3.62. The van der Waals surface area contributed by atoms with Gasteiger partial charge in [-0.1, -0.05) is 31.2 Å². The minimum Gasteiger partial charge on any atom is -0.342 e. The number of rotatable bonds is 3. The van der Waals surface area contributed by atoms with Crippen molar-refractivity contribution in [1.29, 1.82) is 0 Å². The molecule has 1 N–H and O–H groups in total. The number of piperidine rings is 1. The predicted molar refractivity (Wildman–Crippen MR) is 99.8 cm³/mol. The van der Waals surface area contributed by atoms with E-state index in [2.05, 4.69) is 11.9 Å². The van der Waals surface area contributed by atoms with Crippen molar-refractivity contribution >= 4 is 16.9 Å². The van der Waals surface area contributed by atoms with Gasteiger partial charge >= 0.3 is 0 Å².